The summed E-state index contributed by atoms with van der Waals surface area (Å²) < 4.78 is 18.4. The average molecular weight is 223 g/mol. The fourth-order valence-electron chi connectivity index (χ4n) is 2.30. The molecule has 1 aliphatic rings. The third kappa shape index (κ3) is 2.95. The van der Waals surface area contributed by atoms with E-state index in [0.717, 1.165) is 24.9 Å². The molecule has 0 amide bonds. The Morgan fingerprint density at radius 2 is 2.25 bits per heavy atom. The Kier molecular flexibility index (Phi) is 3.78. The molecular formula is C13H18FNO. The fraction of sp³-hybridized carbons (Fsp3) is 0.538. The third-order valence-electron chi connectivity index (χ3n) is 3.15. The van der Waals surface area contributed by atoms with Gasteiger partial charge in [0.15, 0.2) is 0 Å². The summed E-state index contributed by atoms with van der Waals surface area (Å²) >= 11 is 0. The van der Waals surface area contributed by atoms with Crippen molar-refractivity contribution in [2.75, 3.05) is 12.4 Å². The monoisotopic (exact) mass is 223 g/mol. The van der Waals surface area contributed by atoms with Crippen LogP contribution in [0.1, 0.15) is 25.7 Å². The molecule has 0 radical (unpaired) electrons. The van der Waals surface area contributed by atoms with Crippen molar-refractivity contribution in [3.63, 3.8) is 0 Å². The second kappa shape index (κ2) is 5.30. The van der Waals surface area contributed by atoms with E-state index in [1.54, 1.807) is 13.2 Å². The Morgan fingerprint density at radius 3 is 3.00 bits per heavy atom. The maximum Gasteiger partial charge on any atom is 0.125 e. The molecule has 1 N–H and O–H groups in total. The fourth-order valence-corrected chi connectivity index (χ4v) is 2.30. The minimum absolute atomic E-state index is 0.191. The topological polar surface area (TPSA) is 21.3 Å². The first-order chi connectivity index (χ1) is 7.78. The lowest BCUT2D eigenvalue weighted by Gasteiger charge is -2.29. The maximum absolute atomic E-state index is 13.0. The van der Waals surface area contributed by atoms with Crippen LogP contribution in [0.25, 0.3) is 0 Å². The van der Waals surface area contributed by atoms with E-state index in [2.05, 4.69) is 5.32 Å². The summed E-state index contributed by atoms with van der Waals surface area (Å²) in [5.41, 5.74) is 0.863. The van der Waals surface area contributed by atoms with Gasteiger partial charge in [-0.2, -0.15) is 0 Å². The molecule has 88 valence electrons. The second-order valence-electron chi connectivity index (χ2n) is 4.38. The lowest BCUT2D eigenvalue weighted by atomic mass is 9.92. The standard InChI is InChI=1S/C13H18FNO/c1-16-13-7-3-6-12(9-13)15-11-5-2-4-10(14)8-11/h2,4-5,8,12-13,15H,3,6-7,9H2,1H3. The van der Waals surface area contributed by atoms with Gasteiger partial charge in [0.25, 0.3) is 0 Å². The summed E-state index contributed by atoms with van der Waals surface area (Å²) in [6, 6.07) is 7.04. The van der Waals surface area contributed by atoms with E-state index in [0.29, 0.717) is 12.1 Å². The van der Waals surface area contributed by atoms with Crippen molar-refractivity contribution in [1.29, 1.82) is 0 Å². The van der Waals surface area contributed by atoms with Crippen LogP contribution in [0.15, 0.2) is 24.3 Å². The highest BCUT2D eigenvalue weighted by Crippen LogP contribution is 2.24. The first kappa shape index (κ1) is 11.4. The number of rotatable bonds is 3. The van der Waals surface area contributed by atoms with E-state index in [4.69, 9.17) is 4.74 Å². The average Bonchev–Trinajstić information content (AvgIpc) is 2.29. The van der Waals surface area contributed by atoms with E-state index in [1.807, 2.05) is 6.07 Å². The Hall–Kier alpha value is -1.09. The zero-order valence-electron chi connectivity index (χ0n) is 9.58. The molecule has 0 aliphatic heterocycles. The van der Waals surface area contributed by atoms with Gasteiger partial charge in [-0.1, -0.05) is 6.07 Å². The molecule has 0 bridgehead atoms. The molecule has 1 aromatic carbocycles. The number of methoxy groups -OCH3 is 1. The highest BCUT2D eigenvalue weighted by molar-refractivity contribution is 5.44. The van der Waals surface area contributed by atoms with Gasteiger partial charge in [-0.05, 0) is 43.9 Å². The first-order valence-electron chi connectivity index (χ1n) is 5.83. The van der Waals surface area contributed by atoms with Gasteiger partial charge in [0.2, 0.25) is 0 Å². The normalized spacial score (nSPS) is 25.4. The molecule has 0 aromatic heterocycles. The molecule has 1 aromatic rings. The van der Waals surface area contributed by atoms with Crippen LogP contribution in [0.2, 0.25) is 0 Å². The van der Waals surface area contributed by atoms with Gasteiger partial charge in [-0.15, -0.1) is 0 Å². The zero-order valence-corrected chi connectivity index (χ0v) is 9.58. The molecule has 16 heavy (non-hydrogen) atoms. The number of hydrogen-bond acceptors (Lipinski definition) is 2. The summed E-state index contributed by atoms with van der Waals surface area (Å²) in [4.78, 5) is 0. The summed E-state index contributed by atoms with van der Waals surface area (Å²) in [6.45, 7) is 0. The lowest BCUT2D eigenvalue weighted by Crippen LogP contribution is -2.30. The van der Waals surface area contributed by atoms with Crippen molar-refractivity contribution in [1.82, 2.24) is 0 Å². The Labute approximate surface area is 95.8 Å². The number of ether oxygens (including phenoxy) is 1. The van der Waals surface area contributed by atoms with Gasteiger partial charge in [0.05, 0.1) is 6.10 Å². The van der Waals surface area contributed by atoms with E-state index in [1.165, 1.54) is 18.6 Å². The molecule has 0 heterocycles. The van der Waals surface area contributed by atoms with Crippen LogP contribution in [-0.4, -0.2) is 19.3 Å². The number of anilines is 1. The Morgan fingerprint density at radius 1 is 1.38 bits per heavy atom. The SMILES string of the molecule is COC1CCCC(Nc2cccc(F)c2)C1. The van der Waals surface area contributed by atoms with Crippen molar-refractivity contribution >= 4 is 5.69 Å². The number of halogens is 1. The predicted molar refractivity (Wildman–Crippen MR) is 63.1 cm³/mol. The van der Waals surface area contributed by atoms with Crippen molar-refractivity contribution < 1.29 is 9.13 Å². The lowest BCUT2D eigenvalue weighted by molar-refractivity contribution is 0.0669. The molecule has 1 saturated carbocycles. The third-order valence-corrected chi connectivity index (χ3v) is 3.15. The number of hydrogen-bond donors (Lipinski definition) is 1. The summed E-state index contributed by atoms with van der Waals surface area (Å²) in [7, 11) is 1.76. The molecule has 2 unspecified atom stereocenters. The van der Waals surface area contributed by atoms with Crippen LogP contribution in [0, 0.1) is 5.82 Å². The second-order valence-corrected chi connectivity index (χ2v) is 4.38. The summed E-state index contributed by atoms with van der Waals surface area (Å²) in [5, 5.41) is 3.37. The number of benzene rings is 1. The highest BCUT2D eigenvalue weighted by atomic mass is 19.1. The van der Waals surface area contributed by atoms with Crippen LogP contribution >= 0.6 is 0 Å². The van der Waals surface area contributed by atoms with Crippen molar-refractivity contribution in [3.8, 4) is 0 Å². The molecular weight excluding hydrogens is 205 g/mol. The van der Waals surface area contributed by atoms with E-state index in [-0.39, 0.29) is 5.82 Å². The molecule has 0 saturated heterocycles. The molecule has 3 heteroatoms. The molecule has 0 spiro atoms. The summed E-state index contributed by atoms with van der Waals surface area (Å²) in [6.07, 6.45) is 4.80. The molecule has 1 aliphatic carbocycles. The quantitative estimate of drug-likeness (QED) is 0.849. The Bertz CT molecular complexity index is 342. The van der Waals surface area contributed by atoms with Gasteiger partial charge in [0.1, 0.15) is 5.82 Å². The molecule has 2 nitrogen and oxygen atoms in total. The van der Waals surface area contributed by atoms with E-state index in [9.17, 15) is 4.39 Å². The van der Waals surface area contributed by atoms with E-state index >= 15 is 0 Å². The van der Waals surface area contributed by atoms with Crippen LogP contribution in [-0.2, 0) is 4.74 Å². The van der Waals surface area contributed by atoms with Gasteiger partial charge in [-0.25, -0.2) is 4.39 Å². The van der Waals surface area contributed by atoms with Crippen LogP contribution < -0.4 is 5.32 Å². The highest BCUT2D eigenvalue weighted by Gasteiger charge is 2.21. The largest absolute Gasteiger partial charge is 0.382 e. The maximum atomic E-state index is 13.0. The van der Waals surface area contributed by atoms with E-state index < -0.39 is 0 Å². The van der Waals surface area contributed by atoms with Crippen LogP contribution in [0.3, 0.4) is 0 Å². The predicted octanol–water partition coefficient (Wildman–Crippen LogP) is 3.20. The minimum Gasteiger partial charge on any atom is -0.382 e. The van der Waals surface area contributed by atoms with Gasteiger partial charge in [0, 0.05) is 18.8 Å². The zero-order chi connectivity index (χ0) is 11.4. The Balaban J connectivity index is 1.94. The van der Waals surface area contributed by atoms with Crippen molar-refractivity contribution in [3.05, 3.63) is 30.1 Å². The van der Waals surface area contributed by atoms with Gasteiger partial charge < -0.3 is 10.1 Å². The van der Waals surface area contributed by atoms with Gasteiger partial charge in [-0.3, -0.25) is 0 Å². The molecule has 2 atom stereocenters. The minimum atomic E-state index is -0.191. The summed E-state index contributed by atoms with van der Waals surface area (Å²) in [5.74, 6) is -0.191. The number of nitrogens with one attached hydrogen (secondary N) is 1. The first-order valence-corrected chi connectivity index (χ1v) is 5.83. The van der Waals surface area contributed by atoms with Crippen molar-refractivity contribution in [2.45, 2.75) is 37.8 Å². The van der Waals surface area contributed by atoms with Gasteiger partial charge >= 0.3 is 0 Å². The smallest absolute Gasteiger partial charge is 0.125 e. The van der Waals surface area contributed by atoms with Crippen molar-refractivity contribution in [2.24, 2.45) is 0 Å². The van der Waals surface area contributed by atoms with Crippen LogP contribution in [0.5, 0.6) is 0 Å². The van der Waals surface area contributed by atoms with Crippen LogP contribution in [0.4, 0.5) is 10.1 Å². The molecule has 1 fully saturated rings. The molecule has 2 rings (SSSR count).